The number of anilines is 1. The van der Waals surface area contributed by atoms with Gasteiger partial charge in [0.05, 0.1) is 6.04 Å². The molecule has 4 aromatic rings. The molecular weight excluding hydrogens is 390 g/mol. The number of nitrogens with one attached hydrogen (secondary N) is 1. The van der Waals surface area contributed by atoms with E-state index in [1.807, 2.05) is 97.1 Å². The Labute approximate surface area is 182 Å². The lowest BCUT2D eigenvalue weighted by atomic mass is 9.77. The standard InChI is InChI=1S/C27H24ClNO/c1-20-12-18-25(19-13-20)29-26(21-14-16-24(28)17-15-21)27(30,22-8-4-2-5-9-22)23-10-6-3-7-11-23/h2-19,26,29-30H,1H3. The predicted molar refractivity (Wildman–Crippen MR) is 125 cm³/mol. The van der Waals surface area contributed by atoms with Crippen LogP contribution >= 0.6 is 11.6 Å². The number of aliphatic hydroxyl groups is 1. The molecule has 0 bridgehead atoms. The molecule has 1 atom stereocenters. The van der Waals surface area contributed by atoms with Gasteiger partial charge in [0.1, 0.15) is 5.60 Å². The fourth-order valence-corrected chi connectivity index (χ4v) is 3.91. The molecule has 1 unspecified atom stereocenters. The van der Waals surface area contributed by atoms with E-state index in [2.05, 4.69) is 24.4 Å². The van der Waals surface area contributed by atoms with Gasteiger partial charge in [-0.1, -0.05) is 102 Å². The second-order valence-electron chi connectivity index (χ2n) is 7.49. The average Bonchev–Trinajstić information content (AvgIpc) is 2.80. The van der Waals surface area contributed by atoms with Crippen molar-refractivity contribution < 1.29 is 5.11 Å². The van der Waals surface area contributed by atoms with E-state index >= 15 is 0 Å². The van der Waals surface area contributed by atoms with Gasteiger partial charge in [0.15, 0.2) is 0 Å². The van der Waals surface area contributed by atoms with Crippen LogP contribution in [0.3, 0.4) is 0 Å². The molecule has 30 heavy (non-hydrogen) atoms. The highest BCUT2D eigenvalue weighted by atomic mass is 35.5. The Morgan fingerprint density at radius 2 is 1.20 bits per heavy atom. The molecule has 0 aliphatic rings. The first kappa shape index (κ1) is 20.2. The third kappa shape index (κ3) is 4.11. The molecule has 3 heteroatoms. The molecule has 2 nitrogen and oxygen atoms in total. The summed E-state index contributed by atoms with van der Waals surface area (Å²) >= 11 is 6.16. The van der Waals surface area contributed by atoms with Gasteiger partial charge in [-0.2, -0.15) is 0 Å². The largest absolute Gasteiger partial charge is 0.378 e. The minimum absolute atomic E-state index is 0.442. The lowest BCUT2D eigenvalue weighted by molar-refractivity contribution is 0.0586. The lowest BCUT2D eigenvalue weighted by Gasteiger charge is -2.39. The maximum absolute atomic E-state index is 12.4. The van der Waals surface area contributed by atoms with Gasteiger partial charge >= 0.3 is 0 Å². The Morgan fingerprint density at radius 3 is 1.70 bits per heavy atom. The van der Waals surface area contributed by atoms with Crippen LogP contribution in [0.2, 0.25) is 5.02 Å². The predicted octanol–water partition coefficient (Wildman–Crippen LogP) is 6.74. The van der Waals surface area contributed by atoms with Gasteiger partial charge < -0.3 is 10.4 Å². The van der Waals surface area contributed by atoms with Gasteiger partial charge in [0, 0.05) is 10.7 Å². The first-order chi connectivity index (χ1) is 14.6. The van der Waals surface area contributed by atoms with Gasteiger partial charge in [0.25, 0.3) is 0 Å². The van der Waals surface area contributed by atoms with Gasteiger partial charge in [-0.15, -0.1) is 0 Å². The molecule has 150 valence electrons. The SMILES string of the molecule is Cc1ccc(NC(c2ccc(Cl)cc2)C(O)(c2ccccc2)c2ccccc2)cc1. The Kier molecular flexibility index (Phi) is 5.89. The molecule has 0 aromatic heterocycles. The fraction of sp³-hybridized carbons (Fsp3) is 0.111. The molecule has 0 aliphatic heterocycles. The molecule has 0 fully saturated rings. The van der Waals surface area contributed by atoms with E-state index in [9.17, 15) is 5.11 Å². The average molecular weight is 414 g/mol. The summed E-state index contributed by atoms with van der Waals surface area (Å²) < 4.78 is 0. The van der Waals surface area contributed by atoms with Crippen LogP contribution in [0.25, 0.3) is 0 Å². The van der Waals surface area contributed by atoms with E-state index in [1.54, 1.807) is 0 Å². The van der Waals surface area contributed by atoms with E-state index in [0.717, 1.165) is 22.4 Å². The molecule has 2 N–H and O–H groups in total. The summed E-state index contributed by atoms with van der Waals surface area (Å²) in [7, 11) is 0. The van der Waals surface area contributed by atoms with Crippen molar-refractivity contribution in [1.82, 2.24) is 0 Å². The maximum Gasteiger partial charge on any atom is 0.139 e. The van der Waals surface area contributed by atoms with Gasteiger partial charge in [0.2, 0.25) is 0 Å². The molecule has 0 aliphatic carbocycles. The second kappa shape index (κ2) is 8.74. The number of hydrogen-bond donors (Lipinski definition) is 2. The number of benzene rings is 4. The third-order valence-corrected chi connectivity index (χ3v) is 5.66. The molecule has 4 rings (SSSR count). The van der Waals surface area contributed by atoms with Crippen LogP contribution < -0.4 is 5.32 Å². The van der Waals surface area contributed by atoms with Crippen LogP contribution in [0.5, 0.6) is 0 Å². The normalized spacial score (nSPS) is 12.4. The smallest absolute Gasteiger partial charge is 0.139 e. The highest BCUT2D eigenvalue weighted by Gasteiger charge is 2.41. The molecule has 0 heterocycles. The zero-order chi connectivity index (χ0) is 21.0. The van der Waals surface area contributed by atoms with Crippen molar-refractivity contribution in [3.05, 3.63) is 136 Å². The van der Waals surface area contributed by atoms with E-state index < -0.39 is 11.6 Å². The van der Waals surface area contributed by atoms with Gasteiger partial charge in [-0.05, 0) is 47.9 Å². The number of aryl methyl sites for hydroxylation is 1. The van der Waals surface area contributed by atoms with Crippen molar-refractivity contribution in [2.24, 2.45) is 0 Å². The van der Waals surface area contributed by atoms with Crippen molar-refractivity contribution in [3.8, 4) is 0 Å². The minimum Gasteiger partial charge on any atom is -0.378 e. The highest BCUT2D eigenvalue weighted by molar-refractivity contribution is 6.30. The van der Waals surface area contributed by atoms with Crippen LogP contribution in [0.4, 0.5) is 5.69 Å². The molecule has 0 spiro atoms. The summed E-state index contributed by atoms with van der Waals surface area (Å²) in [5, 5.41) is 16.6. The molecule has 0 radical (unpaired) electrons. The van der Waals surface area contributed by atoms with E-state index in [-0.39, 0.29) is 0 Å². The molecule has 4 aromatic carbocycles. The second-order valence-corrected chi connectivity index (χ2v) is 7.93. The lowest BCUT2D eigenvalue weighted by Crippen LogP contribution is -2.39. The quantitative estimate of drug-likeness (QED) is 0.367. The van der Waals surface area contributed by atoms with Crippen LogP contribution in [0, 0.1) is 6.92 Å². The first-order valence-electron chi connectivity index (χ1n) is 9.99. The monoisotopic (exact) mass is 413 g/mol. The van der Waals surface area contributed by atoms with Crippen LogP contribution in [0.15, 0.2) is 109 Å². The number of hydrogen-bond acceptors (Lipinski definition) is 2. The Bertz CT molecular complexity index is 1040. The summed E-state index contributed by atoms with van der Waals surface area (Å²) in [4.78, 5) is 0. The highest BCUT2D eigenvalue weighted by Crippen LogP contribution is 2.43. The van der Waals surface area contributed by atoms with Crippen molar-refractivity contribution in [2.75, 3.05) is 5.32 Å². The van der Waals surface area contributed by atoms with E-state index in [1.165, 1.54) is 5.56 Å². The van der Waals surface area contributed by atoms with Crippen molar-refractivity contribution in [3.63, 3.8) is 0 Å². The number of rotatable bonds is 6. The number of halogens is 1. The Hall–Kier alpha value is -3.07. The van der Waals surface area contributed by atoms with Crippen molar-refractivity contribution in [1.29, 1.82) is 0 Å². The van der Waals surface area contributed by atoms with Crippen molar-refractivity contribution in [2.45, 2.75) is 18.6 Å². The first-order valence-corrected chi connectivity index (χ1v) is 10.4. The van der Waals surface area contributed by atoms with Crippen LogP contribution in [-0.2, 0) is 5.60 Å². The summed E-state index contributed by atoms with van der Waals surface area (Å²) in [6, 6.07) is 35.0. The van der Waals surface area contributed by atoms with E-state index in [0.29, 0.717) is 5.02 Å². The van der Waals surface area contributed by atoms with Gasteiger partial charge in [-0.3, -0.25) is 0 Å². The van der Waals surface area contributed by atoms with Gasteiger partial charge in [-0.25, -0.2) is 0 Å². The Morgan fingerprint density at radius 1 is 0.700 bits per heavy atom. The zero-order valence-corrected chi connectivity index (χ0v) is 17.6. The van der Waals surface area contributed by atoms with Crippen LogP contribution in [0.1, 0.15) is 28.3 Å². The molecule has 0 saturated heterocycles. The summed E-state index contributed by atoms with van der Waals surface area (Å²) in [5.74, 6) is 0. The van der Waals surface area contributed by atoms with Crippen molar-refractivity contribution >= 4 is 17.3 Å². The van der Waals surface area contributed by atoms with Crippen LogP contribution in [-0.4, -0.2) is 5.11 Å². The topological polar surface area (TPSA) is 32.3 Å². The van der Waals surface area contributed by atoms with E-state index in [4.69, 9.17) is 11.6 Å². The summed E-state index contributed by atoms with van der Waals surface area (Å²) in [6.45, 7) is 2.06. The minimum atomic E-state index is -1.30. The fourth-order valence-electron chi connectivity index (χ4n) is 3.79. The summed E-state index contributed by atoms with van der Waals surface area (Å²) in [5.41, 5.74) is 3.39. The third-order valence-electron chi connectivity index (χ3n) is 5.41. The Balaban J connectivity index is 1.90. The summed E-state index contributed by atoms with van der Waals surface area (Å²) in [6.07, 6.45) is 0. The molecule has 0 amide bonds. The zero-order valence-electron chi connectivity index (χ0n) is 16.8. The maximum atomic E-state index is 12.4. The molecule has 0 saturated carbocycles. The molecular formula is C27H24ClNO.